The number of aryl methyl sites for hydroxylation is 1. The van der Waals surface area contributed by atoms with Gasteiger partial charge in [-0.2, -0.15) is 0 Å². The minimum absolute atomic E-state index is 0.179. The zero-order chi connectivity index (χ0) is 18.7. The summed E-state index contributed by atoms with van der Waals surface area (Å²) in [5, 5.41) is 5.40. The van der Waals surface area contributed by atoms with Crippen LogP contribution in [0.4, 0.5) is 16.2 Å². The van der Waals surface area contributed by atoms with Crippen LogP contribution in [-0.2, 0) is 4.74 Å². The molecule has 1 fully saturated rings. The Morgan fingerprint density at radius 2 is 1.73 bits per heavy atom. The van der Waals surface area contributed by atoms with Gasteiger partial charge in [0.05, 0.1) is 6.54 Å². The second-order valence-electron chi connectivity index (χ2n) is 5.88. The van der Waals surface area contributed by atoms with Gasteiger partial charge in [-0.3, -0.25) is 14.5 Å². The smallest absolute Gasteiger partial charge is 0.414 e. The van der Waals surface area contributed by atoms with Crippen molar-refractivity contribution >= 4 is 29.3 Å². The first-order valence-corrected chi connectivity index (χ1v) is 8.18. The number of hydrogen-bond donors (Lipinski definition) is 2. The van der Waals surface area contributed by atoms with E-state index in [-0.39, 0.29) is 17.9 Å². The number of benzene rings is 2. The fourth-order valence-corrected chi connectivity index (χ4v) is 2.70. The Morgan fingerprint density at radius 1 is 1.04 bits per heavy atom. The number of carbonyl (C=O) groups is 3. The zero-order valence-electron chi connectivity index (χ0n) is 14.5. The fraction of sp³-hybridized carbons (Fsp3) is 0.211. The highest BCUT2D eigenvalue weighted by atomic mass is 16.6. The van der Waals surface area contributed by atoms with Gasteiger partial charge >= 0.3 is 6.09 Å². The van der Waals surface area contributed by atoms with Crippen molar-refractivity contribution in [3.8, 4) is 0 Å². The van der Waals surface area contributed by atoms with Crippen molar-refractivity contribution in [2.75, 3.05) is 30.4 Å². The minimum atomic E-state index is -0.381. The summed E-state index contributed by atoms with van der Waals surface area (Å²) in [5.41, 5.74) is 3.11. The van der Waals surface area contributed by atoms with E-state index in [0.29, 0.717) is 35.7 Å². The molecule has 1 aliphatic rings. The van der Waals surface area contributed by atoms with E-state index in [1.807, 2.05) is 6.92 Å². The normalized spacial score (nSPS) is 13.3. The maximum Gasteiger partial charge on any atom is 0.414 e. The third kappa shape index (κ3) is 3.51. The highest BCUT2D eigenvalue weighted by molar-refractivity contribution is 6.05. The lowest BCUT2D eigenvalue weighted by Crippen LogP contribution is -2.23. The molecule has 7 heteroatoms. The molecule has 0 unspecified atom stereocenters. The summed E-state index contributed by atoms with van der Waals surface area (Å²) in [6.07, 6.45) is -0.381. The average Bonchev–Trinajstić information content (AvgIpc) is 3.08. The molecule has 1 saturated heterocycles. The van der Waals surface area contributed by atoms with Gasteiger partial charge in [0, 0.05) is 29.5 Å². The SMILES string of the molecule is CNC(=O)c1ccc(NC(=O)c2ccc(N3CCOC3=O)cc2)c(C)c1. The molecule has 0 aromatic heterocycles. The second-order valence-corrected chi connectivity index (χ2v) is 5.88. The second kappa shape index (κ2) is 7.26. The number of amides is 3. The van der Waals surface area contributed by atoms with Crippen LogP contribution in [0.2, 0.25) is 0 Å². The molecular formula is C19H19N3O4. The van der Waals surface area contributed by atoms with E-state index in [1.54, 1.807) is 49.5 Å². The zero-order valence-corrected chi connectivity index (χ0v) is 14.5. The lowest BCUT2D eigenvalue weighted by Gasteiger charge is -2.13. The molecule has 2 aromatic carbocycles. The van der Waals surface area contributed by atoms with E-state index in [1.165, 1.54) is 4.90 Å². The number of anilines is 2. The Kier molecular flexibility index (Phi) is 4.88. The molecule has 7 nitrogen and oxygen atoms in total. The van der Waals surface area contributed by atoms with Crippen molar-refractivity contribution in [3.05, 3.63) is 59.2 Å². The quantitative estimate of drug-likeness (QED) is 0.884. The van der Waals surface area contributed by atoms with Crippen LogP contribution in [0.5, 0.6) is 0 Å². The van der Waals surface area contributed by atoms with Crippen molar-refractivity contribution in [2.24, 2.45) is 0 Å². The number of cyclic esters (lactones) is 1. The van der Waals surface area contributed by atoms with E-state index in [0.717, 1.165) is 5.56 Å². The molecule has 3 amide bonds. The van der Waals surface area contributed by atoms with Gasteiger partial charge in [-0.25, -0.2) is 4.79 Å². The van der Waals surface area contributed by atoms with Crippen LogP contribution in [0, 0.1) is 6.92 Å². The van der Waals surface area contributed by atoms with Crippen molar-refractivity contribution < 1.29 is 19.1 Å². The van der Waals surface area contributed by atoms with Crippen LogP contribution in [0.15, 0.2) is 42.5 Å². The monoisotopic (exact) mass is 353 g/mol. The summed E-state index contributed by atoms with van der Waals surface area (Å²) in [6, 6.07) is 11.8. The molecule has 0 saturated carbocycles. The topological polar surface area (TPSA) is 87.7 Å². The van der Waals surface area contributed by atoms with Crippen LogP contribution in [0.3, 0.4) is 0 Å². The lowest BCUT2D eigenvalue weighted by molar-refractivity contribution is 0.0962. The highest BCUT2D eigenvalue weighted by Gasteiger charge is 2.23. The van der Waals surface area contributed by atoms with Crippen LogP contribution < -0.4 is 15.5 Å². The van der Waals surface area contributed by atoms with Gasteiger partial charge in [0.15, 0.2) is 0 Å². The van der Waals surface area contributed by atoms with Gasteiger partial charge in [0.25, 0.3) is 11.8 Å². The van der Waals surface area contributed by atoms with E-state index in [9.17, 15) is 14.4 Å². The number of ether oxygens (including phenoxy) is 1. The molecule has 0 spiro atoms. The van der Waals surface area contributed by atoms with Crippen LogP contribution >= 0.6 is 0 Å². The molecule has 0 bridgehead atoms. The van der Waals surface area contributed by atoms with Crippen molar-refractivity contribution in [3.63, 3.8) is 0 Å². The van der Waals surface area contributed by atoms with E-state index >= 15 is 0 Å². The van der Waals surface area contributed by atoms with Gasteiger partial charge in [-0.1, -0.05) is 0 Å². The number of hydrogen-bond acceptors (Lipinski definition) is 4. The number of carbonyl (C=O) groups excluding carboxylic acids is 3. The summed E-state index contributed by atoms with van der Waals surface area (Å²) in [5.74, 6) is -0.446. The maximum absolute atomic E-state index is 12.4. The van der Waals surface area contributed by atoms with E-state index < -0.39 is 0 Å². The first kappa shape index (κ1) is 17.5. The fourth-order valence-electron chi connectivity index (χ4n) is 2.70. The van der Waals surface area contributed by atoms with Crippen LogP contribution in [-0.4, -0.2) is 38.1 Å². The molecular weight excluding hydrogens is 334 g/mol. The van der Waals surface area contributed by atoms with Gasteiger partial charge in [0.2, 0.25) is 0 Å². The number of nitrogens with zero attached hydrogens (tertiary/aromatic N) is 1. The molecule has 1 heterocycles. The highest BCUT2D eigenvalue weighted by Crippen LogP contribution is 2.21. The standard InChI is InChI=1S/C19H19N3O4/c1-12-11-14(17(23)20-2)5-8-16(12)21-18(24)13-3-6-15(7-4-13)22-9-10-26-19(22)25/h3-8,11H,9-10H2,1-2H3,(H,20,23)(H,21,24). The van der Waals surface area contributed by atoms with Crippen molar-refractivity contribution in [1.82, 2.24) is 5.32 Å². The summed E-state index contributed by atoms with van der Waals surface area (Å²) in [4.78, 5) is 37.2. The Morgan fingerprint density at radius 3 is 2.31 bits per heavy atom. The summed E-state index contributed by atoms with van der Waals surface area (Å²) < 4.78 is 4.90. The minimum Gasteiger partial charge on any atom is -0.447 e. The first-order chi connectivity index (χ1) is 12.5. The molecule has 0 atom stereocenters. The Bertz CT molecular complexity index is 862. The lowest BCUT2D eigenvalue weighted by atomic mass is 10.1. The predicted octanol–water partition coefficient (Wildman–Crippen LogP) is 2.56. The number of rotatable bonds is 4. The molecule has 26 heavy (non-hydrogen) atoms. The van der Waals surface area contributed by atoms with Crippen molar-refractivity contribution in [1.29, 1.82) is 0 Å². The molecule has 2 aromatic rings. The Balaban J connectivity index is 1.72. The summed E-state index contributed by atoms with van der Waals surface area (Å²) in [7, 11) is 1.57. The molecule has 1 aliphatic heterocycles. The first-order valence-electron chi connectivity index (χ1n) is 8.18. The molecule has 0 aliphatic carbocycles. The molecule has 3 rings (SSSR count). The summed E-state index contributed by atoms with van der Waals surface area (Å²) in [6.45, 7) is 2.69. The van der Waals surface area contributed by atoms with Crippen LogP contribution in [0.25, 0.3) is 0 Å². The predicted molar refractivity (Wildman–Crippen MR) is 97.7 cm³/mol. The largest absolute Gasteiger partial charge is 0.447 e. The van der Waals surface area contributed by atoms with E-state index in [2.05, 4.69) is 10.6 Å². The Labute approximate surface area is 150 Å². The van der Waals surface area contributed by atoms with Gasteiger partial charge < -0.3 is 15.4 Å². The van der Waals surface area contributed by atoms with Gasteiger partial charge in [0.1, 0.15) is 6.61 Å². The van der Waals surface area contributed by atoms with E-state index in [4.69, 9.17) is 4.74 Å². The average molecular weight is 353 g/mol. The Hall–Kier alpha value is -3.35. The maximum atomic E-state index is 12.4. The third-order valence-electron chi connectivity index (χ3n) is 4.17. The summed E-state index contributed by atoms with van der Waals surface area (Å²) >= 11 is 0. The van der Waals surface area contributed by atoms with Crippen molar-refractivity contribution in [2.45, 2.75) is 6.92 Å². The third-order valence-corrected chi connectivity index (χ3v) is 4.17. The van der Waals surface area contributed by atoms with Gasteiger partial charge in [-0.15, -0.1) is 0 Å². The molecule has 134 valence electrons. The van der Waals surface area contributed by atoms with Gasteiger partial charge in [-0.05, 0) is 55.0 Å². The molecule has 2 N–H and O–H groups in total. The van der Waals surface area contributed by atoms with Crippen LogP contribution in [0.1, 0.15) is 26.3 Å². The number of nitrogens with one attached hydrogen (secondary N) is 2. The molecule has 0 radical (unpaired) electrons.